The van der Waals surface area contributed by atoms with Crippen molar-refractivity contribution in [1.29, 1.82) is 0 Å². The largest absolute Gasteiger partial charge is 0.327 e. The Morgan fingerprint density at radius 1 is 1.46 bits per heavy atom. The van der Waals surface area contributed by atoms with Gasteiger partial charge in [0.15, 0.2) is 0 Å². The Labute approximate surface area is 79.2 Å². The monoisotopic (exact) mass is 183 g/mol. The number of allylic oxidation sites excluding steroid dienone is 1. The van der Waals surface area contributed by atoms with Crippen LogP contribution in [0.25, 0.3) is 0 Å². The third kappa shape index (κ3) is 1.64. The highest BCUT2D eigenvalue weighted by Gasteiger charge is 2.47. The summed E-state index contributed by atoms with van der Waals surface area (Å²) in [6, 6.07) is 0. The summed E-state index contributed by atoms with van der Waals surface area (Å²) in [5, 5.41) is 0. The van der Waals surface area contributed by atoms with Crippen molar-refractivity contribution in [2.75, 3.05) is 6.54 Å². The van der Waals surface area contributed by atoms with Gasteiger partial charge in [-0.1, -0.05) is 6.08 Å². The summed E-state index contributed by atoms with van der Waals surface area (Å²) in [7, 11) is 0. The van der Waals surface area contributed by atoms with E-state index in [9.17, 15) is 4.39 Å². The van der Waals surface area contributed by atoms with Crippen LogP contribution >= 0.6 is 0 Å². The van der Waals surface area contributed by atoms with Gasteiger partial charge < -0.3 is 5.73 Å². The van der Waals surface area contributed by atoms with Gasteiger partial charge in [0.2, 0.25) is 0 Å². The van der Waals surface area contributed by atoms with Crippen molar-refractivity contribution in [3.63, 3.8) is 0 Å². The summed E-state index contributed by atoms with van der Waals surface area (Å²) in [6.07, 6.45) is 8.50. The predicted octanol–water partition coefficient (Wildman–Crippen LogP) is 2.56. The molecule has 0 spiro atoms. The van der Waals surface area contributed by atoms with E-state index in [2.05, 4.69) is 6.08 Å². The summed E-state index contributed by atoms with van der Waals surface area (Å²) in [6.45, 7) is 0.184. The Kier molecular flexibility index (Phi) is 2.41. The van der Waals surface area contributed by atoms with Gasteiger partial charge in [-0.3, -0.25) is 0 Å². The lowest BCUT2D eigenvalue weighted by molar-refractivity contribution is 0.180. The molecule has 0 radical (unpaired) electrons. The van der Waals surface area contributed by atoms with Crippen LogP contribution in [-0.4, -0.2) is 12.2 Å². The van der Waals surface area contributed by atoms with Crippen LogP contribution in [0.4, 0.5) is 4.39 Å². The van der Waals surface area contributed by atoms with Crippen LogP contribution < -0.4 is 5.73 Å². The average molecular weight is 183 g/mol. The van der Waals surface area contributed by atoms with E-state index in [1.54, 1.807) is 0 Å². The van der Waals surface area contributed by atoms with Crippen LogP contribution in [0.3, 0.4) is 0 Å². The lowest BCUT2D eigenvalue weighted by Gasteiger charge is -2.29. The van der Waals surface area contributed by atoms with E-state index >= 15 is 0 Å². The molecule has 0 aromatic carbocycles. The molecule has 2 aliphatic carbocycles. The third-order valence-corrected chi connectivity index (χ3v) is 3.35. The Bertz CT molecular complexity index is 220. The van der Waals surface area contributed by atoms with Gasteiger partial charge >= 0.3 is 0 Å². The van der Waals surface area contributed by atoms with E-state index in [1.807, 2.05) is 0 Å². The fourth-order valence-electron chi connectivity index (χ4n) is 2.32. The summed E-state index contributed by atoms with van der Waals surface area (Å²) < 4.78 is 14.4. The quantitative estimate of drug-likeness (QED) is 0.669. The highest BCUT2D eigenvalue weighted by molar-refractivity contribution is 5.23. The minimum absolute atomic E-state index is 0.184. The second kappa shape index (κ2) is 3.41. The standard InChI is InChI=1S/C11H18FN/c12-11(8-13,10-6-7-10)9-4-2-1-3-5-9/h4,10H,1-3,5-8,13H2. The summed E-state index contributed by atoms with van der Waals surface area (Å²) in [5.74, 6) is 0.238. The number of halogens is 1. The first-order valence-corrected chi connectivity index (χ1v) is 5.36. The molecule has 0 heterocycles. The highest BCUT2D eigenvalue weighted by atomic mass is 19.1. The van der Waals surface area contributed by atoms with Crippen molar-refractivity contribution < 1.29 is 4.39 Å². The third-order valence-electron chi connectivity index (χ3n) is 3.35. The lowest BCUT2D eigenvalue weighted by Crippen LogP contribution is -2.38. The number of nitrogens with two attached hydrogens (primary N) is 1. The van der Waals surface area contributed by atoms with E-state index in [-0.39, 0.29) is 12.5 Å². The van der Waals surface area contributed by atoms with E-state index < -0.39 is 5.67 Å². The molecule has 1 nitrogen and oxygen atoms in total. The minimum atomic E-state index is -1.14. The Morgan fingerprint density at radius 3 is 2.69 bits per heavy atom. The average Bonchev–Trinajstić information content (AvgIpc) is 3.02. The summed E-state index contributed by atoms with van der Waals surface area (Å²) in [4.78, 5) is 0. The molecule has 1 atom stereocenters. The molecule has 0 aromatic rings. The normalized spacial score (nSPS) is 28.0. The Balaban J connectivity index is 2.13. The van der Waals surface area contributed by atoms with Crippen molar-refractivity contribution in [2.24, 2.45) is 11.7 Å². The smallest absolute Gasteiger partial charge is 0.146 e. The molecule has 1 saturated carbocycles. The SMILES string of the molecule is NCC(F)(C1=CCCCC1)C1CC1. The van der Waals surface area contributed by atoms with Gasteiger partial charge in [-0.25, -0.2) is 4.39 Å². The van der Waals surface area contributed by atoms with Gasteiger partial charge in [-0.15, -0.1) is 0 Å². The van der Waals surface area contributed by atoms with Crippen molar-refractivity contribution >= 4 is 0 Å². The maximum Gasteiger partial charge on any atom is 0.146 e. The Morgan fingerprint density at radius 2 is 2.23 bits per heavy atom. The van der Waals surface area contributed by atoms with E-state index in [0.717, 1.165) is 37.7 Å². The molecule has 74 valence electrons. The number of hydrogen-bond donors (Lipinski definition) is 1. The van der Waals surface area contributed by atoms with Crippen LogP contribution in [0.2, 0.25) is 0 Å². The van der Waals surface area contributed by atoms with Gasteiger partial charge in [0.05, 0.1) is 0 Å². The van der Waals surface area contributed by atoms with Gasteiger partial charge in [-0.05, 0) is 50.0 Å². The van der Waals surface area contributed by atoms with Crippen LogP contribution in [0.5, 0.6) is 0 Å². The first-order valence-electron chi connectivity index (χ1n) is 5.36. The fraction of sp³-hybridized carbons (Fsp3) is 0.818. The van der Waals surface area contributed by atoms with Crippen LogP contribution in [-0.2, 0) is 0 Å². The van der Waals surface area contributed by atoms with Gasteiger partial charge in [-0.2, -0.15) is 0 Å². The molecule has 1 fully saturated rings. The van der Waals surface area contributed by atoms with Gasteiger partial charge in [0.25, 0.3) is 0 Å². The second-order valence-corrected chi connectivity index (χ2v) is 4.32. The molecule has 2 rings (SSSR count). The van der Waals surface area contributed by atoms with E-state index in [4.69, 9.17) is 5.73 Å². The van der Waals surface area contributed by atoms with Crippen molar-refractivity contribution in [1.82, 2.24) is 0 Å². The highest BCUT2D eigenvalue weighted by Crippen LogP contribution is 2.47. The first-order chi connectivity index (χ1) is 6.27. The van der Waals surface area contributed by atoms with Crippen molar-refractivity contribution in [3.8, 4) is 0 Å². The zero-order valence-electron chi connectivity index (χ0n) is 8.06. The minimum Gasteiger partial charge on any atom is -0.327 e. The molecule has 0 amide bonds. The molecule has 0 aromatic heterocycles. The molecule has 2 aliphatic rings. The lowest BCUT2D eigenvalue weighted by atomic mass is 9.83. The van der Waals surface area contributed by atoms with Crippen molar-refractivity contribution in [2.45, 2.75) is 44.2 Å². The summed E-state index contributed by atoms with van der Waals surface area (Å²) in [5.41, 5.74) is 5.43. The molecule has 1 unspecified atom stereocenters. The van der Waals surface area contributed by atoms with E-state index in [0.29, 0.717) is 0 Å². The first kappa shape index (κ1) is 9.20. The van der Waals surface area contributed by atoms with Crippen LogP contribution in [0, 0.1) is 5.92 Å². The molecular weight excluding hydrogens is 165 g/mol. The molecule has 0 bridgehead atoms. The van der Waals surface area contributed by atoms with Gasteiger partial charge in [0, 0.05) is 6.54 Å². The predicted molar refractivity (Wildman–Crippen MR) is 52.2 cm³/mol. The molecule has 2 heteroatoms. The number of hydrogen-bond acceptors (Lipinski definition) is 1. The molecule has 13 heavy (non-hydrogen) atoms. The molecule has 0 saturated heterocycles. The molecule has 2 N–H and O–H groups in total. The van der Waals surface area contributed by atoms with Crippen LogP contribution in [0.15, 0.2) is 11.6 Å². The number of alkyl halides is 1. The summed E-state index contributed by atoms with van der Waals surface area (Å²) >= 11 is 0. The Hall–Kier alpha value is -0.370. The number of rotatable bonds is 3. The molecular formula is C11H18FN. The van der Waals surface area contributed by atoms with Crippen LogP contribution in [0.1, 0.15) is 38.5 Å². The molecule has 0 aliphatic heterocycles. The van der Waals surface area contributed by atoms with Gasteiger partial charge in [0.1, 0.15) is 5.67 Å². The topological polar surface area (TPSA) is 26.0 Å². The van der Waals surface area contributed by atoms with Crippen molar-refractivity contribution in [3.05, 3.63) is 11.6 Å². The second-order valence-electron chi connectivity index (χ2n) is 4.32. The van der Waals surface area contributed by atoms with E-state index in [1.165, 1.54) is 6.42 Å². The zero-order chi connectivity index (χ0) is 9.31. The maximum atomic E-state index is 14.4. The zero-order valence-corrected chi connectivity index (χ0v) is 8.06. The fourth-order valence-corrected chi connectivity index (χ4v) is 2.32. The maximum absolute atomic E-state index is 14.4.